The van der Waals surface area contributed by atoms with Crippen LogP contribution in [0.25, 0.3) is 11.4 Å². The van der Waals surface area contributed by atoms with Crippen LogP contribution in [0.4, 0.5) is 5.69 Å². The second-order valence-corrected chi connectivity index (χ2v) is 6.54. The van der Waals surface area contributed by atoms with Crippen molar-refractivity contribution >= 4 is 29.1 Å². The number of aromatic nitrogens is 2. The number of aliphatic imine (C=N–C) groups is 2. The molecule has 9 N–H and O–H groups in total. The fourth-order valence-corrected chi connectivity index (χ4v) is 2.43. The van der Waals surface area contributed by atoms with Crippen LogP contribution in [0.15, 0.2) is 77.0 Å². The van der Waals surface area contributed by atoms with Crippen LogP contribution in [0.5, 0.6) is 5.75 Å². The van der Waals surface area contributed by atoms with Gasteiger partial charge in [0.15, 0.2) is 0 Å². The number of rotatable bonds is 6. The first kappa shape index (κ1) is 48.7. The Balaban J connectivity index is -0.000000120. The van der Waals surface area contributed by atoms with E-state index >= 15 is 0 Å². The molecule has 0 aliphatic carbocycles. The zero-order chi connectivity index (χ0) is 22.5. The van der Waals surface area contributed by atoms with E-state index in [0.717, 1.165) is 11.4 Å². The third kappa shape index (κ3) is 18.0. The van der Waals surface area contributed by atoms with Gasteiger partial charge in [-0.3, -0.25) is 15.0 Å². The molecule has 12 nitrogen and oxygen atoms in total. The summed E-state index contributed by atoms with van der Waals surface area (Å²) < 4.78 is 0. The average molecular weight is 674 g/mol. The van der Waals surface area contributed by atoms with E-state index in [1.807, 2.05) is 36.4 Å². The number of nitrogens with zero attached hydrogens (tertiary/aromatic N) is 4. The third-order valence-electron chi connectivity index (χ3n) is 3.76. The summed E-state index contributed by atoms with van der Waals surface area (Å²) in [4.78, 5) is 15.3. The maximum Gasteiger partial charge on any atom is 2.00 e. The quantitative estimate of drug-likeness (QED) is 0.116. The molecule has 0 saturated carbocycles. The van der Waals surface area contributed by atoms with Crippen LogP contribution in [-0.2, 0) is 34.1 Å². The topological polar surface area (TPSA) is 258 Å². The van der Waals surface area contributed by atoms with Gasteiger partial charge >= 0.3 is 34.1 Å². The van der Waals surface area contributed by atoms with E-state index < -0.39 is 17.5 Å². The van der Waals surface area contributed by atoms with Crippen LogP contribution in [0.2, 0.25) is 5.02 Å². The van der Waals surface area contributed by atoms with Crippen molar-refractivity contribution in [2.45, 2.75) is 6.42 Å². The molecule has 0 fully saturated rings. The molecule has 2 radical (unpaired) electrons. The minimum atomic E-state index is -1.07. The van der Waals surface area contributed by atoms with Gasteiger partial charge in [-0.1, -0.05) is 35.5 Å². The summed E-state index contributed by atoms with van der Waals surface area (Å²) in [5, 5.41) is 37.3. The van der Waals surface area contributed by atoms with Crippen molar-refractivity contribution in [3.8, 4) is 17.1 Å². The zero-order valence-corrected chi connectivity index (χ0v) is 23.2. The Morgan fingerprint density at radius 3 is 1.84 bits per heavy atom. The Labute approximate surface area is 252 Å². The molecule has 0 aliphatic rings. The van der Waals surface area contributed by atoms with Gasteiger partial charge in [0.1, 0.15) is 0 Å². The van der Waals surface area contributed by atoms with E-state index in [1.54, 1.807) is 19.4 Å². The van der Waals surface area contributed by atoms with Gasteiger partial charge in [-0.25, -0.2) is 0 Å². The van der Waals surface area contributed by atoms with Crippen LogP contribution < -0.4 is 33.0 Å². The largest absolute Gasteiger partial charge is 2.00 e. The molecule has 0 atom stereocenters. The molecule has 0 unspecified atom stereocenters. The summed E-state index contributed by atoms with van der Waals surface area (Å²) in [6.45, 7) is 0.932. The fraction of sp³-hybridized carbons (Fsp3) is 0.182. The summed E-state index contributed by atoms with van der Waals surface area (Å²) in [5.41, 5.74) is 1.67. The smallest absolute Gasteiger partial charge is 1.00 e. The molecule has 0 amide bonds. The van der Waals surface area contributed by atoms with Gasteiger partial charge in [0.2, 0.25) is 0 Å². The van der Waals surface area contributed by atoms with Crippen molar-refractivity contribution in [1.82, 2.24) is 15.3 Å². The van der Waals surface area contributed by atoms with Crippen LogP contribution >= 0.6 is 11.6 Å². The molecule has 0 spiro atoms. The number of hydrogen-bond acceptors (Lipinski definition) is 8. The maximum atomic E-state index is 11.4. The van der Waals surface area contributed by atoms with Crippen molar-refractivity contribution in [2.75, 3.05) is 20.1 Å². The Morgan fingerprint density at radius 2 is 1.39 bits per heavy atom. The molecule has 0 saturated heterocycles. The second kappa shape index (κ2) is 27.7. The average Bonchev–Trinajstić information content (AvgIpc) is 2.80. The van der Waals surface area contributed by atoms with Gasteiger partial charge in [-0.2, -0.15) is 0 Å². The first-order valence-corrected chi connectivity index (χ1v) is 9.80. The number of hydrogen-bond donors (Lipinski definition) is 1. The molecule has 2 heterocycles. The molecule has 0 bridgehead atoms. The molecule has 2 aromatic heterocycles. The molecular weight excluding hydrogens is 644 g/mol. The minimum absolute atomic E-state index is 0. The van der Waals surface area contributed by atoms with E-state index in [-0.39, 0.29) is 85.7 Å². The SMILES string of the molecule is CNCCCN=C([O-])C([O-])=Nc1cc(Cl)ccc1[O-].O.O.O.O.[Cl-].[Cu+2].[Cu+2].c1ccc(-c2ccccn2)nc1. The molecule has 0 aliphatic heterocycles. The summed E-state index contributed by atoms with van der Waals surface area (Å²) in [5.74, 6) is -2.50. The van der Waals surface area contributed by atoms with Gasteiger partial charge in [0, 0.05) is 24.0 Å². The standard InChI is InChI=1S/C12H16ClN3O3.C10H8N2.ClH.2Cu.4H2O/c1-14-5-2-6-15-11(18)12(19)16-9-7-8(13)3-4-10(9)17;1-3-7-11-9(5-1)10-6-2-4-8-12-10;;;;;;;/h3-4,7,14,17H,2,5-6H2,1H3,(H,15,18)(H,16,19);1-8H;1H;;;4*1H2/q;;;2*+2;;;;/p-4. The summed E-state index contributed by atoms with van der Waals surface area (Å²) in [6.07, 6.45) is 4.17. The third-order valence-corrected chi connectivity index (χ3v) is 3.99. The Bertz CT molecular complexity index is 988. The first-order chi connectivity index (χ1) is 15.0. The first-order valence-electron chi connectivity index (χ1n) is 9.42. The van der Waals surface area contributed by atoms with E-state index in [2.05, 4.69) is 25.3 Å². The minimum Gasteiger partial charge on any atom is -1.00 e. The van der Waals surface area contributed by atoms with E-state index in [0.29, 0.717) is 13.0 Å². The number of pyridine rings is 2. The Hall–Kier alpha value is -2.32. The summed E-state index contributed by atoms with van der Waals surface area (Å²) >= 11 is 5.67. The number of benzene rings is 1. The van der Waals surface area contributed by atoms with Crippen molar-refractivity contribution < 1.29 is 83.8 Å². The monoisotopic (exact) mass is 671 g/mol. The normalized spacial score (nSPS) is 9.42. The van der Waals surface area contributed by atoms with Gasteiger partial charge in [-0.05, 0) is 68.2 Å². The molecule has 3 rings (SSSR count). The fourth-order valence-electron chi connectivity index (χ4n) is 2.27. The summed E-state index contributed by atoms with van der Waals surface area (Å²) in [6, 6.07) is 15.4. The number of halogens is 2. The van der Waals surface area contributed by atoms with Gasteiger partial charge in [-0.15, -0.1) is 0 Å². The zero-order valence-electron chi connectivity index (χ0n) is 19.8. The second-order valence-electron chi connectivity index (χ2n) is 6.10. The van der Waals surface area contributed by atoms with Crippen LogP contribution in [-0.4, -0.2) is 63.8 Å². The van der Waals surface area contributed by atoms with Gasteiger partial charge in [0.05, 0.1) is 17.1 Å². The predicted octanol–water partition coefficient (Wildman–Crippen LogP) is -4.98. The van der Waals surface area contributed by atoms with E-state index in [1.165, 1.54) is 18.2 Å². The Kier molecular flexibility index (Phi) is 35.5. The van der Waals surface area contributed by atoms with Crippen molar-refractivity contribution in [2.24, 2.45) is 9.98 Å². The van der Waals surface area contributed by atoms with Crippen molar-refractivity contribution in [3.05, 3.63) is 72.0 Å². The van der Waals surface area contributed by atoms with Crippen LogP contribution in [0, 0.1) is 0 Å². The van der Waals surface area contributed by atoms with E-state index in [9.17, 15) is 15.3 Å². The molecular formula is C22H29Cl2Cu2N5O7. The van der Waals surface area contributed by atoms with Gasteiger partial charge in [0.25, 0.3) is 0 Å². The summed E-state index contributed by atoms with van der Waals surface area (Å²) in [7, 11) is 1.78. The molecule has 16 heteroatoms. The molecule has 3 aromatic rings. The van der Waals surface area contributed by atoms with Gasteiger partial charge < -0.3 is 59.9 Å². The maximum absolute atomic E-state index is 11.4. The molecule has 220 valence electrons. The van der Waals surface area contributed by atoms with Crippen molar-refractivity contribution in [1.29, 1.82) is 0 Å². The molecule has 38 heavy (non-hydrogen) atoms. The molecule has 1 aromatic carbocycles. The van der Waals surface area contributed by atoms with Crippen molar-refractivity contribution in [3.63, 3.8) is 0 Å². The Morgan fingerprint density at radius 1 is 0.868 bits per heavy atom. The van der Waals surface area contributed by atoms with Crippen LogP contribution in [0.3, 0.4) is 0 Å². The van der Waals surface area contributed by atoms with E-state index in [4.69, 9.17) is 11.6 Å². The van der Waals surface area contributed by atoms with Crippen LogP contribution in [0.1, 0.15) is 6.42 Å². The predicted molar refractivity (Wildman–Crippen MR) is 131 cm³/mol. The number of nitrogens with one attached hydrogen (secondary N) is 1.